The van der Waals surface area contributed by atoms with E-state index in [0.29, 0.717) is 22.2 Å². The van der Waals surface area contributed by atoms with Crippen LogP contribution in [0.25, 0.3) is 0 Å². The molecule has 2 aromatic rings. The summed E-state index contributed by atoms with van der Waals surface area (Å²) in [5, 5.41) is 16.1. The van der Waals surface area contributed by atoms with Crippen LogP contribution < -0.4 is 5.01 Å². The number of hydrazone groups is 1. The van der Waals surface area contributed by atoms with Gasteiger partial charge in [0.1, 0.15) is 5.71 Å². The number of carboxylic acids is 1. The van der Waals surface area contributed by atoms with Gasteiger partial charge in [0.15, 0.2) is 0 Å². The Labute approximate surface area is 137 Å². The van der Waals surface area contributed by atoms with Gasteiger partial charge >= 0.3 is 5.97 Å². The topological polar surface area (TPSA) is 52.9 Å². The van der Waals surface area contributed by atoms with Crippen molar-refractivity contribution >= 4 is 40.6 Å². The van der Waals surface area contributed by atoms with E-state index in [1.165, 1.54) is 0 Å². The first kappa shape index (κ1) is 14.9. The van der Waals surface area contributed by atoms with Crippen LogP contribution in [0.5, 0.6) is 0 Å². The number of carboxylic acid groups (broad SMARTS) is 1. The third-order valence-electron chi connectivity index (χ3n) is 3.50. The molecule has 6 heteroatoms. The lowest BCUT2D eigenvalue weighted by Crippen LogP contribution is -2.18. The Morgan fingerprint density at radius 2 is 1.91 bits per heavy atom. The molecule has 4 nitrogen and oxygen atoms in total. The largest absolute Gasteiger partial charge is 0.477 e. The number of aliphatic carboxylic acids is 1. The molecule has 0 spiro atoms. The minimum Gasteiger partial charge on any atom is -0.477 e. The number of hydrogen-bond donors (Lipinski definition) is 1. The molecule has 3 rings (SSSR count). The van der Waals surface area contributed by atoms with Gasteiger partial charge in [-0.1, -0.05) is 53.5 Å². The van der Waals surface area contributed by atoms with E-state index in [0.717, 1.165) is 5.56 Å². The third-order valence-corrected chi connectivity index (χ3v) is 4.04. The third kappa shape index (κ3) is 2.80. The Morgan fingerprint density at radius 1 is 1.18 bits per heavy atom. The van der Waals surface area contributed by atoms with Crippen LogP contribution in [0.4, 0.5) is 5.69 Å². The highest BCUT2D eigenvalue weighted by Gasteiger charge is 2.33. The van der Waals surface area contributed by atoms with Gasteiger partial charge in [-0.15, -0.1) is 0 Å². The molecule has 112 valence electrons. The molecule has 0 fully saturated rings. The Kier molecular flexibility index (Phi) is 4.05. The zero-order valence-electron chi connectivity index (χ0n) is 11.4. The van der Waals surface area contributed by atoms with Crippen molar-refractivity contribution < 1.29 is 9.90 Å². The summed E-state index contributed by atoms with van der Waals surface area (Å²) in [7, 11) is 0. The van der Waals surface area contributed by atoms with Gasteiger partial charge in [-0.3, -0.25) is 5.01 Å². The predicted octanol–water partition coefficient (Wildman–Crippen LogP) is 4.39. The van der Waals surface area contributed by atoms with Crippen LogP contribution in [0.3, 0.4) is 0 Å². The van der Waals surface area contributed by atoms with Crippen LogP contribution in [-0.2, 0) is 4.79 Å². The number of hydrogen-bond acceptors (Lipinski definition) is 3. The summed E-state index contributed by atoms with van der Waals surface area (Å²) in [6.45, 7) is 0. The van der Waals surface area contributed by atoms with E-state index in [4.69, 9.17) is 23.2 Å². The van der Waals surface area contributed by atoms with Gasteiger partial charge in [0.05, 0.1) is 16.8 Å². The molecule has 0 saturated heterocycles. The van der Waals surface area contributed by atoms with Crippen molar-refractivity contribution in [2.75, 3.05) is 5.01 Å². The van der Waals surface area contributed by atoms with Crippen LogP contribution in [0, 0.1) is 0 Å². The molecule has 22 heavy (non-hydrogen) atoms. The molecule has 1 atom stereocenters. The van der Waals surface area contributed by atoms with Gasteiger partial charge in [0.2, 0.25) is 0 Å². The quantitative estimate of drug-likeness (QED) is 0.905. The van der Waals surface area contributed by atoms with Gasteiger partial charge in [-0.05, 0) is 23.8 Å². The maximum absolute atomic E-state index is 11.3. The highest BCUT2D eigenvalue weighted by atomic mass is 35.5. The normalized spacial score (nSPS) is 17.5. The summed E-state index contributed by atoms with van der Waals surface area (Å²) in [5.74, 6) is -1.02. The van der Waals surface area contributed by atoms with Crippen LogP contribution in [0.2, 0.25) is 10.0 Å². The maximum atomic E-state index is 11.3. The molecule has 1 heterocycles. The molecular weight excluding hydrogens is 323 g/mol. The van der Waals surface area contributed by atoms with Crippen molar-refractivity contribution in [2.45, 2.75) is 12.5 Å². The average molecular weight is 335 g/mol. The molecule has 0 aliphatic carbocycles. The number of nitrogens with zero attached hydrogens (tertiary/aromatic N) is 2. The number of anilines is 1. The minimum absolute atomic E-state index is 0.111. The van der Waals surface area contributed by atoms with Crippen LogP contribution in [0.15, 0.2) is 53.6 Å². The molecule has 0 amide bonds. The minimum atomic E-state index is -1.02. The molecule has 1 aliphatic rings. The predicted molar refractivity (Wildman–Crippen MR) is 87.8 cm³/mol. The van der Waals surface area contributed by atoms with E-state index in [1.807, 2.05) is 30.3 Å². The van der Waals surface area contributed by atoms with E-state index in [9.17, 15) is 9.90 Å². The molecule has 0 saturated carbocycles. The smallest absolute Gasteiger partial charge is 0.352 e. The highest BCUT2D eigenvalue weighted by Crippen LogP contribution is 2.39. The average Bonchev–Trinajstić information content (AvgIpc) is 2.93. The maximum Gasteiger partial charge on any atom is 0.352 e. The summed E-state index contributed by atoms with van der Waals surface area (Å²) < 4.78 is 0. The second-order valence-corrected chi connectivity index (χ2v) is 5.77. The van der Waals surface area contributed by atoms with Gasteiger partial charge < -0.3 is 5.11 Å². The fourth-order valence-electron chi connectivity index (χ4n) is 2.46. The standard InChI is InChI=1S/C16H12Cl2N2O2/c17-11-6-7-14(12(18)8-11)20-15(9-13(19-20)16(21)22)10-4-2-1-3-5-10/h1-8,15H,9H2,(H,21,22). The first-order valence-corrected chi connectivity index (χ1v) is 7.42. The molecule has 0 radical (unpaired) electrons. The number of benzene rings is 2. The Morgan fingerprint density at radius 3 is 2.55 bits per heavy atom. The Bertz CT molecular complexity index is 747. The lowest BCUT2D eigenvalue weighted by Gasteiger charge is -2.24. The number of halogens is 2. The first-order chi connectivity index (χ1) is 10.6. The lowest BCUT2D eigenvalue weighted by atomic mass is 10.0. The van der Waals surface area contributed by atoms with Gasteiger partial charge in [0, 0.05) is 11.4 Å². The monoisotopic (exact) mass is 334 g/mol. The van der Waals surface area contributed by atoms with Crippen molar-refractivity contribution in [3.05, 3.63) is 64.1 Å². The van der Waals surface area contributed by atoms with E-state index >= 15 is 0 Å². The van der Waals surface area contributed by atoms with E-state index < -0.39 is 5.97 Å². The van der Waals surface area contributed by atoms with E-state index in [2.05, 4.69) is 5.10 Å². The van der Waals surface area contributed by atoms with Crippen LogP contribution in [-0.4, -0.2) is 16.8 Å². The molecule has 1 N–H and O–H groups in total. The van der Waals surface area contributed by atoms with E-state index in [1.54, 1.807) is 23.2 Å². The van der Waals surface area contributed by atoms with Crippen molar-refractivity contribution in [1.29, 1.82) is 0 Å². The van der Waals surface area contributed by atoms with Crippen molar-refractivity contribution in [1.82, 2.24) is 0 Å². The molecule has 0 aromatic heterocycles. The second kappa shape index (κ2) is 5.99. The summed E-state index contributed by atoms with van der Waals surface area (Å²) in [6.07, 6.45) is 0.318. The Hall–Kier alpha value is -2.04. The summed E-state index contributed by atoms with van der Waals surface area (Å²) in [5.41, 5.74) is 1.73. The fraction of sp³-hybridized carbons (Fsp3) is 0.125. The number of rotatable bonds is 3. The highest BCUT2D eigenvalue weighted by molar-refractivity contribution is 6.38. The van der Waals surface area contributed by atoms with Gasteiger partial charge in [0.25, 0.3) is 0 Å². The fourth-order valence-corrected chi connectivity index (χ4v) is 2.96. The van der Waals surface area contributed by atoms with Gasteiger partial charge in [-0.2, -0.15) is 5.10 Å². The second-order valence-electron chi connectivity index (χ2n) is 4.92. The zero-order valence-corrected chi connectivity index (χ0v) is 12.9. The number of carbonyl (C=O) groups is 1. The molecule has 1 unspecified atom stereocenters. The molecular formula is C16H12Cl2N2O2. The van der Waals surface area contributed by atoms with Gasteiger partial charge in [-0.25, -0.2) is 4.79 Å². The van der Waals surface area contributed by atoms with E-state index in [-0.39, 0.29) is 11.8 Å². The first-order valence-electron chi connectivity index (χ1n) is 6.66. The Balaban J connectivity index is 2.05. The van der Waals surface area contributed by atoms with Crippen molar-refractivity contribution in [3.8, 4) is 0 Å². The molecule has 0 bridgehead atoms. The SMILES string of the molecule is O=C(O)C1=NN(c2ccc(Cl)cc2Cl)C(c2ccccc2)C1. The molecule has 2 aromatic carbocycles. The summed E-state index contributed by atoms with van der Waals surface area (Å²) in [6, 6.07) is 14.5. The summed E-state index contributed by atoms with van der Waals surface area (Å²) in [4.78, 5) is 11.3. The summed E-state index contributed by atoms with van der Waals surface area (Å²) >= 11 is 12.2. The molecule has 1 aliphatic heterocycles. The van der Waals surface area contributed by atoms with Crippen LogP contribution in [0.1, 0.15) is 18.0 Å². The van der Waals surface area contributed by atoms with Crippen molar-refractivity contribution in [2.24, 2.45) is 5.10 Å². The zero-order chi connectivity index (χ0) is 15.7. The van der Waals surface area contributed by atoms with Crippen molar-refractivity contribution in [3.63, 3.8) is 0 Å². The lowest BCUT2D eigenvalue weighted by molar-refractivity contribution is -0.129. The van der Waals surface area contributed by atoms with Crippen LogP contribution >= 0.6 is 23.2 Å².